The molecule has 0 unspecified atom stereocenters. The van der Waals surface area contributed by atoms with Gasteiger partial charge in [-0.2, -0.15) is 5.10 Å². The monoisotopic (exact) mass is 213 g/mol. The number of nitrogens with zero attached hydrogens (tertiary/aromatic N) is 2. The molecule has 0 bridgehead atoms. The quantitative estimate of drug-likeness (QED) is 0.846. The van der Waals surface area contributed by atoms with E-state index in [1.807, 2.05) is 16.9 Å². The number of rotatable bonds is 4. The lowest BCUT2D eigenvalue weighted by atomic mass is 10.2. The third-order valence-corrected chi connectivity index (χ3v) is 2.91. The molecule has 0 spiro atoms. The summed E-state index contributed by atoms with van der Waals surface area (Å²) in [5.74, 6) is 0.897. The summed E-state index contributed by atoms with van der Waals surface area (Å²) >= 11 is 0. The zero-order valence-corrected chi connectivity index (χ0v) is 9.13. The van der Waals surface area contributed by atoms with Crippen molar-refractivity contribution < 1.29 is 0 Å². The van der Waals surface area contributed by atoms with Crippen LogP contribution in [0.5, 0.6) is 0 Å². The number of aromatic nitrogens is 2. The van der Waals surface area contributed by atoms with E-state index >= 15 is 0 Å². The summed E-state index contributed by atoms with van der Waals surface area (Å²) in [6.45, 7) is 1.10. The van der Waals surface area contributed by atoms with Crippen molar-refractivity contribution in [3.8, 4) is 5.69 Å². The molecule has 0 saturated heterocycles. The van der Waals surface area contributed by atoms with Crippen LogP contribution in [0.3, 0.4) is 0 Å². The third-order valence-electron chi connectivity index (χ3n) is 2.91. The minimum absolute atomic E-state index is 0.897. The van der Waals surface area contributed by atoms with Crippen molar-refractivity contribution in [1.82, 2.24) is 9.78 Å². The van der Waals surface area contributed by atoms with Gasteiger partial charge in [0.2, 0.25) is 0 Å². The smallest absolute Gasteiger partial charge is 0.0666 e. The van der Waals surface area contributed by atoms with Crippen LogP contribution < -0.4 is 5.32 Å². The summed E-state index contributed by atoms with van der Waals surface area (Å²) < 4.78 is 1.88. The first-order valence-electron chi connectivity index (χ1n) is 5.76. The second-order valence-corrected chi connectivity index (χ2v) is 4.33. The van der Waals surface area contributed by atoms with Gasteiger partial charge in [0.15, 0.2) is 0 Å². The summed E-state index contributed by atoms with van der Waals surface area (Å²) in [5, 5.41) is 7.69. The average molecular weight is 213 g/mol. The van der Waals surface area contributed by atoms with Crippen molar-refractivity contribution in [1.29, 1.82) is 0 Å². The highest BCUT2D eigenvalue weighted by atomic mass is 15.3. The number of benzene rings is 1. The lowest BCUT2D eigenvalue weighted by molar-refractivity contribution is 0.874. The van der Waals surface area contributed by atoms with E-state index in [-0.39, 0.29) is 0 Å². The summed E-state index contributed by atoms with van der Waals surface area (Å²) in [6.07, 6.45) is 6.52. The fourth-order valence-electron chi connectivity index (χ4n) is 1.76. The van der Waals surface area contributed by atoms with Crippen molar-refractivity contribution in [2.24, 2.45) is 5.92 Å². The Labute approximate surface area is 95.1 Å². The van der Waals surface area contributed by atoms with Gasteiger partial charge in [0.25, 0.3) is 0 Å². The summed E-state index contributed by atoms with van der Waals surface area (Å²) in [7, 11) is 0. The Kier molecular flexibility index (Phi) is 2.37. The minimum atomic E-state index is 0.897. The van der Waals surface area contributed by atoms with Gasteiger partial charge >= 0.3 is 0 Å². The van der Waals surface area contributed by atoms with E-state index in [4.69, 9.17) is 0 Å². The molecular formula is C13H15N3. The van der Waals surface area contributed by atoms with Gasteiger partial charge in [-0.05, 0) is 43.0 Å². The molecule has 1 aliphatic rings. The van der Waals surface area contributed by atoms with Gasteiger partial charge in [-0.1, -0.05) is 6.07 Å². The van der Waals surface area contributed by atoms with Gasteiger partial charge in [-0.15, -0.1) is 0 Å². The predicted molar refractivity (Wildman–Crippen MR) is 64.8 cm³/mol. The molecule has 2 aromatic rings. The first kappa shape index (κ1) is 9.46. The molecule has 82 valence electrons. The molecule has 1 aliphatic carbocycles. The maximum atomic E-state index is 4.22. The van der Waals surface area contributed by atoms with Crippen LogP contribution in [0, 0.1) is 5.92 Å². The Bertz CT molecular complexity index is 458. The molecule has 1 N–H and O–H groups in total. The zero-order chi connectivity index (χ0) is 10.8. The van der Waals surface area contributed by atoms with E-state index in [2.05, 4.69) is 34.7 Å². The van der Waals surface area contributed by atoms with Gasteiger partial charge in [0, 0.05) is 24.6 Å². The van der Waals surface area contributed by atoms with Crippen molar-refractivity contribution in [2.75, 3.05) is 11.9 Å². The van der Waals surface area contributed by atoms with Crippen molar-refractivity contribution in [2.45, 2.75) is 12.8 Å². The number of nitrogens with one attached hydrogen (secondary N) is 1. The van der Waals surface area contributed by atoms with E-state index in [1.54, 1.807) is 6.20 Å². The summed E-state index contributed by atoms with van der Waals surface area (Å²) in [4.78, 5) is 0. The van der Waals surface area contributed by atoms with E-state index < -0.39 is 0 Å². The Morgan fingerprint density at radius 3 is 3.00 bits per heavy atom. The van der Waals surface area contributed by atoms with E-state index in [1.165, 1.54) is 18.5 Å². The summed E-state index contributed by atoms with van der Waals surface area (Å²) in [5.41, 5.74) is 2.28. The largest absolute Gasteiger partial charge is 0.385 e. The van der Waals surface area contributed by atoms with Gasteiger partial charge in [0.1, 0.15) is 0 Å². The normalized spacial score (nSPS) is 15.0. The molecule has 0 amide bonds. The van der Waals surface area contributed by atoms with Gasteiger partial charge < -0.3 is 5.32 Å². The second kappa shape index (κ2) is 4.00. The highest BCUT2D eigenvalue weighted by molar-refractivity contribution is 5.50. The Morgan fingerprint density at radius 2 is 2.25 bits per heavy atom. The molecule has 1 fully saturated rings. The van der Waals surface area contributed by atoms with E-state index in [9.17, 15) is 0 Å². The molecule has 1 aromatic heterocycles. The number of hydrogen-bond donors (Lipinski definition) is 1. The fraction of sp³-hybridized carbons (Fsp3) is 0.308. The molecule has 3 heteroatoms. The Hall–Kier alpha value is -1.77. The van der Waals surface area contributed by atoms with Crippen LogP contribution in [0.1, 0.15) is 12.8 Å². The van der Waals surface area contributed by atoms with Gasteiger partial charge in [-0.25, -0.2) is 4.68 Å². The molecule has 0 radical (unpaired) electrons. The SMILES string of the molecule is c1cc(NCC2CC2)cc(-n2cccn2)c1. The van der Waals surface area contributed by atoms with E-state index in [0.29, 0.717) is 0 Å². The molecular weight excluding hydrogens is 198 g/mol. The fourth-order valence-corrected chi connectivity index (χ4v) is 1.76. The third kappa shape index (κ3) is 2.08. The highest BCUT2D eigenvalue weighted by Gasteiger charge is 2.20. The first-order valence-corrected chi connectivity index (χ1v) is 5.76. The van der Waals surface area contributed by atoms with Crippen LogP contribution in [0.25, 0.3) is 5.69 Å². The second-order valence-electron chi connectivity index (χ2n) is 4.33. The Balaban J connectivity index is 1.76. The van der Waals surface area contributed by atoms with Crippen LogP contribution >= 0.6 is 0 Å². The Morgan fingerprint density at radius 1 is 1.31 bits per heavy atom. The molecule has 0 aliphatic heterocycles. The van der Waals surface area contributed by atoms with Crippen molar-refractivity contribution >= 4 is 5.69 Å². The van der Waals surface area contributed by atoms with Crippen molar-refractivity contribution in [3.63, 3.8) is 0 Å². The molecule has 0 atom stereocenters. The number of hydrogen-bond acceptors (Lipinski definition) is 2. The molecule has 16 heavy (non-hydrogen) atoms. The van der Waals surface area contributed by atoms with Gasteiger partial charge in [0.05, 0.1) is 5.69 Å². The van der Waals surface area contributed by atoms with E-state index in [0.717, 1.165) is 18.2 Å². The maximum Gasteiger partial charge on any atom is 0.0666 e. The van der Waals surface area contributed by atoms with Crippen LogP contribution in [-0.4, -0.2) is 16.3 Å². The molecule has 1 heterocycles. The predicted octanol–water partition coefficient (Wildman–Crippen LogP) is 2.69. The number of anilines is 1. The average Bonchev–Trinajstić information content (AvgIpc) is 2.99. The minimum Gasteiger partial charge on any atom is -0.385 e. The van der Waals surface area contributed by atoms with Gasteiger partial charge in [-0.3, -0.25) is 0 Å². The standard InChI is InChI=1S/C13H15N3/c1-3-12(14-10-11-5-6-11)9-13(4-1)16-8-2-7-15-16/h1-4,7-9,11,14H,5-6,10H2. The van der Waals surface area contributed by atoms with Crippen LogP contribution in [0.4, 0.5) is 5.69 Å². The van der Waals surface area contributed by atoms with Crippen LogP contribution in [-0.2, 0) is 0 Å². The zero-order valence-electron chi connectivity index (χ0n) is 9.13. The van der Waals surface area contributed by atoms with Crippen LogP contribution in [0.15, 0.2) is 42.7 Å². The first-order chi connectivity index (χ1) is 7.92. The lowest BCUT2D eigenvalue weighted by Gasteiger charge is -2.07. The lowest BCUT2D eigenvalue weighted by Crippen LogP contribution is -2.04. The van der Waals surface area contributed by atoms with Crippen molar-refractivity contribution in [3.05, 3.63) is 42.7 Å². The molecule has 1 saturated carbocycles. The van der Waals surface area contributed by atoms with Crippen LogP contribution in [0.2, 0.25) is 0 Å². The molecule has 3 nitrogen and oxygen atoms in total. The molecule has 1 aromatic carbocycles. The highest BCUT2D eigenvalue weighted by Crippen LogP contribution is 2.29. The maximum absolute atomic E-state index is 4.22. The summed E-state index contributed by atoms with van der Waals surface area (Å²) in [6, 6.07) is 10.3. The topological polar surface area (TPSA) is 29.9 Å². The molecule has 3 rings (SSSR count).